The molecule has 5 rings (SSSR count). The first-order valence-corrected chi connectivity index (χ1v) is 9.92. The Kier molecular flexibility index (Phi) is 6.08. The van der Waals surface area contributed by atoms with Crippen molar-refractivity contribution < 1.29 is 9.13 Å². The lowest BCUT2D eigenvalue weighted by atomic mass is 10.2. The molecule has 31 heavy (non-hydrogen) atoms. The van der Waals surface area contributed by atoms with Gasteiger partial charge in [-0.25, -0.2) is 19.3 Å². The zero-order valence-corrected chi connectivity index (χ0v) is 17.7. The van der Waals surface area contributed by atoms with E-state index in [1.165, 1.54) is 12.3 Å². The molecule has 160 valence electrons. The Hall–Kier alpha value is -3.53. The number of hydrogen-bond acceptors (Lipinski definition) is 8. The fourth-order valence-electron chi connectivity index (χ4n) is 3.05. The fraction of sp³-hybridized carbons (Fsp3) is 0.333. The van der Waals surface area contributed by atoms with Crippen LogP contribution in [-0.4, -0.2) is 61.0 Å². The van der Waals surface area contributed by atoms with Crippen molar-refractivity contribution in [2.45, 2.75) is 13.8 Å². The molecule has 5 heterocycles. The van der Waals surface area contributed by atoms with Gasteiger partial charge in [-0.05, 0) is 32.0 Å². The Labute approximate surface area is 179 Å². The molecule has 4 aromatic rings. The summed E-state index contributed by atoms with van der Waals surface area (Å²) in [6, 6.07) is 4.84. The van der Waals surface area contributed by atoms with Crippen molar-refractivity contribution in [1.82, 2.24) is 34.7 Å². The van der Waals surface area contributed by atoms with Gasteiger partial charge in [-0.2, -0.15) is 10.1 Å². The molecule has 0 aliphatic carbocycles. The van der Waals surface area contributed by atoms with Gasteiger partial charge >= 0.3 is 0 Å². The van der Waals surface area contributed by atoms with Crippen molar-refractivity contribution in [3.63, 3.8) is 0 Å². The van der Waals surface area contributed by atoms with E-state index >= 15 is 0 Å². The number of pyridine rings is 1. The Bertz CT molecular complexity index is 1160. The highest BCUT2D eigenvalue weighted by atomic mass is 19.1. The molecular formula is C21H23FN8O. The van der Waals surface area contributed by atoms with Gasteiger partial charge in [-0.3, -0.25) is 9.67 Å². The third-order valence-corrected chi connectivity index (χ3v) is 4.83. The lowest BCUT2D eigenvalue weighted by Crippen LogP contribution is -2.37. The molecule has 0 amide bonds. The lowest BCUT2D eigenvalue weighted by Gasteiger charge is -2.27. The van der Waals surface area contributed by atoms with Crippen LogP contribution in [0.15, 0.2) is 36.8 Å². The van der Waals surface area contributed by atoms with Crippen LogP contribution in [0.4, 0.5) is 10.3 Å². The van der Waals surface area contributed by atoms with Crippen LogP contribution in [0.5, 0.6) is 0 Å². The maximum Gasteiger partial charge on any atom is 0.228 e. The average Bonchev–Trinajstić information content (AvgIpc) is 3.26. The van der Waals surface area contributed by atoms with Gasteiger partial charge in [0.2, 0.25) is 5.95 Å². The molecule has 0 unspecified atom stereocenters. The normalized spacial score (nSPS) is 13.7. The molecule has 4 aromatic heterocycles. The molecule has 1 aliphatic rings. The fourth-order valence-corrected chi connectivity index (χ4v) is 3.05. The number of morpholine rings is 1. The van der Waals surface area contributed by atoms with Gasteiger partial charge in [0.25, 0.3) is 0 Å². The van der Waals surface area contributed by atoms with E-state index in [1.54, 1.807) is 16.9 Å². The number of anilines is 1. The van der Waals surface area contributed by atoms with Gasteiger partial charge in [0.1, 0.15) is 17.0 Å². The smallest absolute Gasteiger partial charge is 0.228 e. The maximum atomic E-state index is 13.3. The molecule has 0 radical (unpaired) electrons. The molecule has 0 saturated carbocycles. The van der Waals surface area contributed by atoms with E-state index < -0.39 is 5.82 Å². The number of halogens is 1. The number of rotatable bonds is 2. The Morgan fingerprint density at radius 2 is 1.77 bits per heavy atom. The predicted octanol–water partition coefficient (Wildman–Crippen LogP) is 2.49. The van der Waals surface area contributed by atoms with Gasteiger partial charge < -0.3 is 9.64 Å². The first kappa shape index (κ1) is 20.7. The highest BCUT2D eigenvalue weighted by Crippen LogP contribution is 2.26. The summed E-state index contributed by atoms with van der Waals surface area (Å²) in [6.07, 6.45) is 4.81. The van der Waals surface area contributed by atoms with Crippen molar-refractivity contribution in [1.29, 1.82) is 0 Å². The highest BCUT2D eigenvalue weighted by molar-refractivity contribution is 5.86. The Morgan fingerprint density at radius 3 is 2.39 bits per heavy atom. The minimum Gasteiger partial charge on any atom is -0.378 e. The number of nitrogens with zero attached hydrogens (tertiary/aromatic N) is 8. The predicted molar refractivity (Wildman–Crippen MR) is 114 cm³/mol. The van der Waals surface area contributed by atoms with Crippen LogP contribution in [0.3, 0.4) is 0 Å². The van der Waals surface area contributed by atoms with E-state index in [0.29, 0.717) is 54.8 Å². The highest BCUT2D eigenvalue weighted by Gasteiger charge is 2.20. The van der Waals surface area contributed by atoms with Crippen LogP contribution in [0, 0.1) is 19.7 Å². The average molecular weight is 422 g/mol. The monoisotopic (exact) mass is 422 g/mol. The molecule has 10 heteroatoms. The Balaban J connectivity index is 0.000000334. The van der Waals surface area contributed by atoms with Crippen LogP contribution in [0.25, 0.3) is 22.6 Å². The summed E-state index contributed by atoms with van der Waals surface area (Å²) >= 11 is 0. The van der Waals surface area contributed by atoms with Crippen LogP contribution in [0.2, 0.25) is 0 Å². The summed E-state index contributed by atoms with van der Waals surface area (Å²) in [6.45, 7) is 6.46. The van der Waals surface area contributed by atoms with Crippen molar-refractivity contribution in [3.05, 3.63) is 54.0 Å². The van der Waals surface area contributed by atoms with Gasteiger partial charge in [-0.1, -0.05) is 0 Å². The summed E-state index contributed by atoms with van der Waals surface area (Å²) < 4.78 is 20.4. The quantitative estimate of drug-likeness (QED) is 0.486. The molecule has 0 atom stereocenters. The van der Waals surface area contributed by atoms with Crippen LogP contribution < -0.4 is 4.90 Å². The minimum atomic E-state index is -0.395. The van der Waals surface area contributed by atoms with Crippen molar-refractivity contribution in [2.75, 3.05) is 31.2 Å². The number of fused-ring (bicyclic) bond motifs is 1. The van der Waals surface area contributed by atoms with Crippen LogP contribution in [0.1, 0.15) is 11.4 Å². The summed E-state index contributed by atoms with van der Waals surface area (Å²) in [7, 11) is 1.89. The van der Waals surface area contributed by atoms with Crippen molar-refractivity contribution >= 4 is 17.1 Å². The zero-order valence-electron chi connectivity index (χ0n) is 17.7. The van der Waals surface area contributed by atoms with Gasteiger partial charge in [0, 0.05) is 32.5 Å². The van der Waals surface area contributed by atoms with Crippen LogP contribution >= 0.6 is 0 Å². The van der Waals surface area contributed by atoms with E-state index in [4.69, 9.17) is 4.74 Å². The van der Waals surface area contributed by atoms with E-state index in [9.17, 15) is 4.39 Å². The third kappa shape index (κ3) is 4.80. The van der Waals surface area contributed by atoms with Crippen LogP contribution in [-0.2, 0) is 11.8 Å². The SMILES string of the molecule is Cc1nc2nc(N3CCOCC3)nc(-c3ccc(F)cn3)c2nc1C.Cn1cccn1. The molecule has 0 aromatic carbocycles. The molecule has 0 bridgehead atoms. The number of hydrogen-bond donors (Lipinski definition) is 0. The van der Waals surface area contributed by atoms with E-state index in [2.05, 4.69) is 30.0 Å². The van der Waals surface area contributed by atoms with Gasteiger partial charge in [0.05, 0.1) is 36.5 Å². The van der Waals surface area contributed by atoms with Gasteiger partial charge in [-0.15, -0.1) is 0 Å². The topological polar surface area (TPSA) is 94.7 Å². The van der Waals surface area contributed by atoms with Crippen molar-refractivity contribution in [3.8, 4) is 11.4 Å². The summed E-state index contributed by atoms with van der Waals surface area (Å²) in [5, 5.41) is 3.83. The van der Waals surface area contributed by atoms with E-state index in [-0.39, 0.29) is 0 Å². The van der Waals surface area contributed by atoms with Gasteiger partial charge in [0.15, 0.2) is 5.65 Å². The number of aromatic nitrogens is 7. The molecular weight excluding hydrogens is 399 g/mol. The van der Waals surface area contributed by atoms with Crippen molar-refractivity contribution in [2.24, 2.45) is 7.05 Å². The molecule has 9 nitrogen and oxygen atoms in total. The molecule has 0 N–H and O–H groups in total. The third-order valence-electron chi connectivity index (χ3n) is 4.83. The zero-order chi connectivity index (χ0) is 21.8. The number of aryl methyl sites for hydroxylation is 3. The standard InChI is InChI=1S/C17H17FN6O.C4H6N2/c1-10-11(2)21-16-15(20-10)14(13-4-3-12(18)9-19-13)22-17(23-16)24-5-7-25-8-6-24;1-6-4-2-3-5-6/h3-4,9H,5-8H2,1-2H3;2-4H,1H3. The molecule has 1 fully saturated rings. The summed E-state index contributed by atoms with van der Waals surface area (Å²) in [5.74, 6) is 0.170. The second-order valence-electron chi connectivity index (χ2n) is 7.08. The first-order chi connectivity index (χ1) is 15.0. The largest absolute Gasteiger partial charge is 0.378 e. The molecule has 1 saturated heterocycles. The summed E-state index contributed by atoms with van der Waals surface area (Å²) in [4.78, 5) is 24.6. The molecule has 0 spiro atoms. The summed E-state index contributed by atoms with van der Waals surface area (Å²) in [5.41, 5.74) is 3.80. The lowest BCUT2D eigenvalue weighted by molar-refractivity contribution is 0.122. The first-order valence-electron chi connectivity index (χ1n) is 9.92. The minimum absolute atomic E-state index is 0.395. The second kappa shape index (κ2) is 9.09. The van der Waals surface area contributed by atoms with E-state index in [0.717, 1.165) is 11.4 Å². The second-order valence-corrected chi connectivity index (χ2v) is 7.08. The maximum absolute atomic E-state index is 13.3. The molecule has 1 aliphatic heterocycles. The Morgan fingerprint density at radius 1 is 1.00 bits per heavy atom. The number of ether oxygens (including phenoxy) is 1. The van der Waals surface area contributed by atoms with E-state index in [1.807, 2.05) is 38.1 Å².